The number of hydrogen-bond donors (Lipinski definition) is 0. The number of carbonyl (C=O) groups is 1. The van der Waals surface area contributed by atoms with Crippen molar-refractivity contribution in [2.45, 2.75) is 46.3 Å². The minimum Gasteiger partial charge on any atom is -0.355 e. The summed E-state index contributed by atoms with van der Waals surface area (Å²) in [4.78, 5) is 34.2. The van der Waals surface area contributed by atoms with Crippen LogP contribution in [0.15, 0.2) is 70.4 Å². The van der Waals surface area contributed by atoms with Crippen LogP contribution in [0.3, 0.4) is 0 Å². The predicted octanol–water partition coefficient (Wildman–Crippen LogP) is 5.72. The average Bonchev–Trinajstić information content (AvgIpc) is 3.29. The summed E-state index contributed by atoms with van der Waals surface area (Å²) in [6, 6.07) is 22.2. The minimum atomic E-state index is -0.277. The van der Waals surface area contributed by atoms with Gasteiger partial charge in [0.1, 0.15) is 21.8 Å². The maximum Gasteiger partial charge on any atom is 0.270 e. The van der Waals surface area contributed by atoms with Crippen LogP contribution in [0, 0.1) is 18.3 Å². The van der Waals surface area contributed by atoms with E-state index in [0.717, 1.165) is 56.1 Å². The molecule has 0 spiro atoms. The van der Waals surface area contributed by atoms with Gasteiger partial charge < -0.3 is 4.90 Å². The molecule has 0 aliphatic carbocycles. The highest BCUT2D eigenvalue weighted by molar-refractivity contribution is 8.26. The molecule has 2 aliphatic heterocycles. The fraction of sp³-hybridized carbons (Fsp3) is 0.333. The number of amides is 1. The Bertz CT molecular complexity index is 1600. The van der Waals surface area contributed by atoms with Gasteiger partial charge in [-0.05, 0) is 43.0 Å². The summed E-state index contributed by atoms with van der Waals surface area (Å²) >= 11 is 6.96. The van der Waals surface area contributed by atoms with Crippen LogP contribution in [0.2, 0.25) is 0 Å². The van der Waals surface area contributed by atoms with Gasteiger partial charge in [-0.3, -0.25) is 24.0 Å². The third-order valence-corrected chi connectivity index (χ3v) is 9.31. The lowest BCUT2D eigenvalue weighted by Gasteiger charge is -2.38. The first-order valence-electron chi connectivity index (χ1n) is 14.3. The molecule has 0 radical (unpaired) electrons. The lowest BCUT2D eigenvalue weighted by molar-refractivity contribution is -0.123. The van der Waals surface area contributed by atoms with Crippen LogP contribution in [0.4, 0.5) is 5.82 Å². The van der Waals surface area contributed by atoms with Gasteiger partial charge in [-0.1, -0.05) is 91.6 Å². The fourth-order valence-corrected chi connectivity index (χ4v) is 7.10. The standard InChI is InChI=1S/C33H35N5O2S2/c1-4-15-37-30(36-18-16-35(17-19-36)22-25-11-7-5-8-12-25)27(23(2)28(21-34)31(37)39)20-29-32(40)38(33(41)42-29)24(3)26-13-9-6-10-14-26/h5-14,20,24H,4,15-19,22H2,1-3H3/b29-20-. The molecule has 9 heteroatoms. The van der Waals surface area contributed by atoms with Gasteiger partial charge in [-0.25, -0.2) is 0 Å². The number of piperazine rings is 1. The molecule has 2 aliphatic rings. The van der Waals surface area contributed by atoms with Crippen molar-refractivity contribution in [2.75, 3.05) is 31.1 Å². The van der Waals surface area contributed by atoms with Crippen molar-refractivity contribution in [3.63, 3.8) is 0 Å². The highest BCUT2D eigenvalue weighted by atomic mass is 32.2. The van der Waals surface area contributed by atoms with Crippen LogP contribution in [0.25, 0.3) is 6.08 Å². The zero-order valence-electron chi connectivity index (χ0n) is 24.2. The number of carbonyl (C=O) groups excluding carboxylic acids is 1. The van der Waals surface area contributed by atoms with E-state index in [1.54, 1.807) is 9.47 Å². The second-order valence-electron chi connectivity index (χ2n) is 10.7. The van der Waals surface area contributed by atoms with Crippen molar-refractivity contribution in [3.05, 3.63) is 104 Å². The van der Waals surface area contributed by atoms with E-state index in [2.05, 4.69) is 40.1 Å². The SMILES string of the molecule is CCCn1c(N2CCN(Cc3ccccc3)CC2)c(/C=C2\SC(=S)N(C(C)c3ccccc3)C2=O)c(C)c(C#N)c1=O. The molecule has 1 unspecified atom stereocenters. The van der Waals surface area contributed by atoms with E-state index in [4.69, 9.17) is 12.2 Å². The summed E-state index contributed by atoms with van der Waals surface area (Å²) in [6.45, 7) is 10.3. The van der Waals surface area contributed by atoms with E-state index in [1.807, 2.05) is 63.2 Å². The molecule has 42 heavy (non-hydrogen) atoms. The molecule has 2 aromatic carbocycles. The lowest BCUT2D eigenvalue weighted by Crippen LogP contribution is -2.48. The minimum absolute atomic E-state index is 0.120. The Hall–Kier alpha value is -3.71. The quantitative estimate of drug-likeness (QED) is 0.243. The maximum absolute atomic E-state index is 13.8. The molecule has 0 bridgehead atoms. The molecule has 2 saturated heterocycles. The second-order valence-corrected chi connectivity index (χ2v) is 12.4. The summed E-state index contributed by atoms with van der Waals surface area (Å²) in [6.07, 6.45) is 2.59. The predicted molar refractivity (Wildman–Crippen MR) is 174 cm³/mol. The van der Waals surface area contributed by atoms with Gasteiger partial charge in [-0.15, -0.1) is 0 Å². The van der Waals surface area contributed by atoms with Crippen LogP contribution in [0.1, 0.15) is 54.1 Å². The smallest absolute Gasteiger partial charge is 0.270 e. The number of aromatic nitrogens is 1. The monoisotopic (exact) mass is 597 g/mol. The van der Waals surface area contributed by atoms with Gasteiger partial charge >= 0.3 is 0 Å². The van der Waals surface area contributed by atoms with Crippen molar-refractivity contribution in [1.82, 2.24) is 14.4 Å². The number of anilines is 1. The van der Waals surface area contributed by atoms with Crippen LogP contribution < -0.4 is 10.5 Å². The molecule has 1 amide bonds. The summed E-state index contributed by atoms with van der Waals surface area (Å²) < 4.78 is 2.23. The summed E-state index contributed by atoms with van der Waals surface area (Å²) in [5, 5.41) is 9.98. The van der Waals surface area contributed by atoms with Crippen molar-refractivity contribution in [1.29, 1.82) is 5.26 Å². The summed E-state index contributed by atoms with van der Waals surface area (Å²) in [5.41, 5.74) is 3.45. The van der Waals surface area contributed by atoms with E-state index in [-0.39, 0.29) is 23.1 Å². The molecule has 3 heterocycles. The number of nitrogens with zero attached hydrogens (tertiary/aromatic N) is 5. The second kappa shape index (κ2) is 13.1. The van der Waals surface area contributed by atoms with E-state index >= 15 is 0 Å². The van der Waals surface area contributed by atoms with Crippen molar-refractivity contribution < 1.29 is 4.79 Å². The zero-order valence-corrected chi connectivity index (χ0v) is 25.9. The first-order chi connectivity index (χ1) is 20.3. The molecule has 0 saturated carbocycles. The Morgan fingerprint density at radius 2 is 1.67 bits per heavy atom. The lowest BCUT2D eigenvalue weighted by atomic mass is 10.0. The van der Waals surface area contributed by atoms with Crippen molar-refractivity contribution in [2.24, 2.45) is 0 Å². The molecular formula is C33H35N5O2S2. The number of hydrogen-bond acceptors (Lipinski definition) is 7. The molecule has 216 valence electrons. The van der Waals surface area contributed by atoms with Crippen LogP contribution in [-0.4, -0.2) is 50.8 Å². The molecule has 1 aromatic heterocycles. The van der Waals surface area contributed by atoms with Gasteiger partial charge in [0.25, 0.3) is 11.5 Å². The van der Waals surface area contributed by atoms with Crippen LogP contribution in [-0.2, 0) is 17.9 Å². The number of thiocarbonyl (C=S) groups is 1. The number of pyridine rings is 1. The number of thioether (sulfide) groups is 1. The van der Waals surface area contributed by atoms with Crippen LogP contribution >= 0.6 is 24.0 Å². The van der Waals surface area contributed by atoms with Crippen LogP contribution in [0.5, 0.6) is 0 Å². The summed E-state index contributed by atoms with van der Waals surface area (Å²) in [7, 11) is 0. The van der Waals surface area contributed by atoms with Crippen molar-refractivity contribution >= 4 is 46.1 Å². The third-order valence-electron chi connectivity index (χ3n) is 7.98. The van der Waals surface area contributed by atoms with Gasteiger partial charge in [0.05, 0.1) is 10.9 Å². The Morgan fingerprint density at radius 1 is 1.02 bits per heavy atom. The molecular weight excluding hydrogens is 563 g/mol. The third kappa shape index (κ3) is 5.93. The van der Waals surface area contributed by atoms with Gasteiger partial charge in [0.2, 0.25) is 0 Å². The molecule has 2 fully saturated rings. The number of benzene rings is 2. The van der Waals surface area contributed by atoms with E-state index in [0.29, 0.717) is 21.3 Å². The fourth-order valence-electron chi connectivity index (χ4n) is 5.70. The molecule has 7 nitrogen and oxygen atoms in total. The molecule has 1 atom stereocenters. The van der Waals surface area contributed by atoms with Gasteiger partial charge in [0, 0.05) is 44.8 Å². The van der Waals surface area contributed by atoms with Gasteiger partial charge in [-0.2, -0.15) is 5.26 Å². The molecule has 0 N–H and O–H groups in total. The maximum atomic E-state index is 13.8. The summed E-state index contributed by atoms with van der Waals surface area (Å²) in [5.74, 6) is 0.616. The highest BCUT2D eigenvalue weighted by Crippen LogP contribution is 2.40. The Labute approximate surface area is 257 Å². The molecule has 5 rings (SSSR count). The zero-order chi connectivity index (χ0) is 29.8. The number of nitriles is 1. The normalized spacial score (nSPS) is 17.6. The largest absolute Gasteiger partial charge is 0.355 e. The average molecular weight is 598 g/mol. The van der Waals surface area contributed by atoms with E-state index in [1.165, 1.54) is 17.3 Å². The first-order valence-corrected chi connectivity index (χ1v) is 15.6. The van der Waals surface area contributed by atoms with Gasteiger partial charge in [0.15, 0.2) is 0 Å². The highest BCUT2D eigenvalue weighted by Gasteiger charge is 2.37. The Morgan fingerprint density at radius 3 is 2.29 bits per heavy atom. The molecule has 3 aromatic rings. The van der Waals surface area contributed by atoms with E-state index in [9.17, 15) is 14.9 Å². The first kappa shape index (κ1) is 29.8. The topological polar surface area (TPSA) is 72.6 Å². The van der Waals surface area contributed by atoms with E-state index < -0.39 is 0 Å². The number of rotatable bonds is 8. The van der Waals surface area contributed by atoms with Crippen molar-refractivity contribution in [3.8, 4) is 6.07 Å². The Kier molecular flexibility index (Phi) is 9.27. The Balaban J connectivity index is 1.52.